The van der Waals surface area contributed by atoms with Gasteiger partial charge in [0.15, 0.2) is 0 Å². The molecule has 2 aliphatic carbocycles. The van der Waals surface area contributed by atoms with Gasteiger partial charge in [-0.1, -0.05) is 19.3 Å². The molecule has 3 heteroatoms. The van der Waals surface area contributed by atoms with Crippen LogP contribution in [-0.2, 0) is 4.79 Å². The molecule has 0 heterocycles. The van der Waals surface area contributed by atoms with E-state index in [0.717, 1.165) is 12.5 Å². The molecular formula is C15H28N2O. The molecule has 0 spiro atoms. The highest BCUT2D eigenvalue weighted by molar-refractivity contribution is 5.86. The van der Waals surface area contributed by atoms with E-state index >= 15 is 0 Å². The lowest BCUT2D eigenvalue weighted by Crippen LogP contribution is -2.54. The second-order valence-corrected chi connectivity index (χ2v) is 6.57. The van der Waals surface area contributed by atoms with Crippen LogP contribution < -0.4 is 5.32 Å². The second-order valence-electron chi connectivity index (χ2n) is 6.57. The van der Waals surface area contributed by atoms with Gasteiger partial charge in [0.1, 0.15) is 0 Å². The van der Waals surface area contributed by atoms with E-state index in [-0.39, 0.29) is 5.91 Å². The number of likely N-dealkylation sites (N-methyl/N-ethyl adjacent to an activating group) is 1. The largest absolute Gasteiger partial charge is 0.338 e. The normalized spacial score (nSPS) is 21.9. The minimum absolute atomic E-state index is 0.290. The molecule has 0 saturated heterocycles. The summed E-state index contributed by atoms with van der Waals surface area (Å²) in [6, 6.07) is 0.534. The summed E-state index contributed by atoms with van der Waals surface area (Å²) in [7, 11) is 1.88. The van der Waals surface area contributed by atoms with E-state index in [9.17, 15) is 4.79 Å². The Hall–Kier alpha value is -0.570. The van der Waals surface area contributed by atoms with Crippen LogP contribution in [0, 0.1) is 5.92 Å². The van der Waals surface area contributed by atoms with Crippen LogP contribution in [0.5, 0.6) is 0 Å². The Bertz CT molecular complexity index is 291. The van der Waals surface area contributed by atoms with Crippen molar-refractivity contribution in [2.24, 2.45) is 5.92 Å². The van der Waals surface area contributed by atoms with Crippen LogP contribution in [0.2, 0.25) is 0 Å². The van der Waals surface area contributed by atoms with E-state index in [1.54, 1.807) is 0 Å². The van der Waals surface area contributed by atoms with Gasteiger partial charge in [-0.25, -0.2) is 0 Å². The van der Waals surface area contributed by atoms with E-state index in [1.807, 2.05) is 20.9 Å². The van der Waals surface area contributed by atoms with Crippen LogP contribution in [0.1, 0.15) is 58.8 Å². The summed E-state index contributed by atoms with van der Waals surface area (Å²) in [5.41, 5.74) is -0.419. The van der Waals surface area contributed by atoms with Gasteiger partial charge in [-0.15, -0.1) is 0 Å². The highest BCUT2D eigenvalue weighted by Gasteiger charge is 2.39. The molecule has 0 unspecified atom stereocenters. The monoisotopic (exact) mass is 252 g/mol. The minimum atomic E-state index is -0.419. The van der Waals surface area contributed by atoms with Gasteiger partial charge < -0.3 is 10.2 Å². The first kappa shape index (κ1) is 13.9. The van der Waals surface area contributed by atoms with Crippen molar-refractivity contribution in [3.8, 4) is 0 Å². The smallest absolute Gasteiger partial charge is 0.242 e. The Labute approximate surface area is 111 Å². The van der Waals surface area contributed by atoms with Gasteiger partial charge in [0.25, 0.3) is 0 Å². The maximum atomic E-state index is 12.6. The highest BCUT2D eigenvalue weighted by Crippen LogP contribution is 2.32. The predicted molar refractivity (Wildman–Crippen MR) is 74.4 cm³/mol. The molecule has 0 aromatic rings. The average Bonchev–Trinajstić information content (AvgIpc) is 3.20. The van der Waals surface area contributed by atoms with Gasteiger partial charge in [0, 0.05) is 12.6 Å². The van der Waals surface area contributed by atoms with Gasteiger partial charge in [0.2, 0.25) is 5.91 Å². The van der Waals surface area contributed by atoms with Crippen molar-refractivity contribution < 1.29 is 4.79 Å². The first-order valence-electron chi connectivity index (χ1n) is 7.54. The van der Waals surface area contributed by atoms with Crippen molar-refractivity contribution in [2.45, 2.75) is 70.4 Å². The van der Waals surface area contributed by atoms with Gasteiger partial charge in [0.05, 0.1) is 5.54 Å². The standard InChI is InChI=1S/C15H28N2O/c1-15(2,16-3)14(18)17(13-9-10-13)11-12-7-5-4-6-8-12/h12-13,16H,4-11H2,1-3H3. The molecule has 1 amide bonds. The average molecular weight is 252 g/mol. The second kappa shape index (κ2) is 5.60. The Morgan fingerprint density at radius 2 is 1.78 bits per heavy atom. The maximum Gasteiger partial charge on any atom is 0.242 e. The molecule has 0 atom stereocenters. The first-order valence-corrected chi connectivity index (χ1v) is 7.54. The molecule has 0 bridgehead atoms. The summed E-state index contributed by atoms with van der Waals surface area (Å²) >= 11 is 0. The fourth-order valence-electron chi connectivity index (χ4n) is 2.90. The molecule has 104 valence electrons. The fourth-order valence-corrected chi connectivity index (χ4v) is 2.90. The van der Waals surface area contributed by atoms with Crippen LogP contribution in [0.15, 0.2) is 0 Å². The first-order chi connectivity index (χ1) is 8.54. The van der Waals surface area contributed by atoms with E-state index in [4.69, 9.17) is 0 Å². The minimum Gasteiger partial charge on any atom is -0.338 e. The zero-order valence-electron chi connectivity index (χ0n) is 12.2. The molecule has 18 heavy (non-hydrogen) atoms. The number of carbonyl (C=O) groups excluding carboxylic acids is 1. The predicted octanol–water partition coefficient (Wildman–Crippen LogP) is 2.56. The lowest BCUT2D eigenvalue weighted by Gasteiger charge is -2.35. The Balaban J connectivity index is 1.97. The summed E-state index contributed by atoms with van der Waals surface area (Å²) in [4.78, 5) is 14.8. The van der Waals surface area contributed by atoms with Crippen LogP contribution in [0.4, 0.5) is 0 Å². The fraction of sp³-hybridized carbons (Fsp3) is 0.933. The summed E-state index contributed by atoms with van der Waals surface area (Å²) in [6.45, 7) is 4.98. The van der Waals surface area contributed by atoms with E-state index < -0.39 is 5.54 Å². The summed E-state index contributed by atoms with van der Waals surface area (Å²) < 4.78 is 0. The molecule has 3 nitrogen and oxygen atoms in total. The van der Waals surface area contributed by atoms with Crippen LogP contribution in [-0.4, -0.2) is 36.0 Å². The molecule has 2 fully saturated rings. The Kier molecular flexibility index (Phi) is 4.31. The topological polar surface area (TPSA) is 32.3 Å². The van der Waals surface area contributed by atoms with Gasteiger partial charge in [-0.3, -0.25) is 4.79 Å². The highest BCUT2D eigenvalue weighted by atomic mass is 16.2. The molecule has 1 N–H and O–H groups in total. The number of nitrogens with one attached hydrogen (secondary N) is 1. The third kappa shape index (κ3) is 3.25. The lowest BCUT2D eigenvalue weighted by molar-refractivity contribution is -0.138. The number of carbonyl (C=O) groups is 1. The van der Waals surface area contributed by atoms with Gasteiger partial charge in [-0.2, -0.15) is 0 Å². The molecule has 0 aromatic heterocycles. The van der Waals surface area contributed by atoms with Crippen molar-refractivity contribution in [3.63, 3.8) is 0 Å². The van der Waals surface area contributed by atoms with E-state index in [2.05, 4.69) is 10.2 Å². The van der Waals surface area contributed by atoms with Crippen LogP contribution >= 0.6 is 0 Å². The maximum absolute atomic E-state index is 12.6. The van der Waals surface area contributed by atoms with E-state index in [0.29, 0.717) is 6.04 Å². The Morgan fingerprint density at radius 1 is 1.17 bits per heavy atom. The van der Waals surface area contributed by atoms with Crippen LogP contribution in [0.25, 0.3) is 0 Å². The lowest BCUT2D eigenvalue weighted by atomic mass is 9.88. The van der Waals surface area contributed by atoms with Crippen LogP contribution in [0.3, 0.4) is 0 Å². The molecule has 2 rings (SSSR count). The number of hydrogen-bond donors (Lipinski definition) is 1. The number of amides is 1. The van der Waals surface area contributed by atoms with Gasteiger partial charge in [-0.05, 0) is 52.5 Å². The summed E-state index contributed by atoms with van der Waals surface area (Å²) in [5.74, 6) is 1.04. The number of hydrogen-bond acceptors (Lipinski definition) is 2. The van der Waals surface area contributed by atoms with Crippen molar-refractivity contribution in [1.82, 2.24) is 10.2 Å². The SMILES string of the molecule is CNC(C)(C)C(=O)N(CC1CCCCC1)C1CC1. The van der Waals surface area contributed by atoms with Crippen molar-refractivity contribution >= 4 is 5.91 Å². The quantitative estimate of drug-likeness (QED) is 0.815. The summed E-state index contributed by atoms with van der Waals surface area (Å²) in [6.07, 6.45) is 9.14. The molecule has 0 aliphatic heterocycles. The van der Waals surface area contributed by atoms with Gasteiger partial charge >= 0.3 is 0 Å². The Morgan fingerprint density at radius 3 is 2.28 bits per heavy atom. The third-order valence-corrected chi connectivity index (χ3v) is 4.59. The molecule has 2 aliphatic rings. The number of rotatable bonds is 5. The zero-order chi connectivity index (χ0) is 13.2. The summed E-state index contributed by atoms with van der Waals surface area (Å²) in [5, 5.41) is 3.15. The van der Waals surface area contributed by atoms with E-state index in [1.165, 1.54) is 44.9 Å². The molecular weight excluding hydrogens is 224 g/mol. The van der Waals surface area contributed by atoms with Crippen molar-refractivity contribution in [2.75, 3.05) is 13.6 Å². The number of nitrogens with zero attached hydrogens (tertiary/aromatic N) is 1. The molecule has 0 radical (unpaired) electrons. The third-order valence-electron chi connectivity index (χ3n) is 4.59. The van der Waals surface area contributed by atoms with Crippen molar-refractivity contribution in [1.29, 1.82) is 0 Å². The van der Waals surface area contributed by atoms with Crippen molar-refractivity contribution in [3.05, 3.63) is 0 Å². The molecule has 2 saturated carbocycles. The molecule has 0 aromatic carbocycles. The zero-order valence-corrected chi connectivity index (χ0v) is 12.2.